The van der Waals surface area contributed by atoms with Gasteiger partial charge in [-0.1, -0.05) is 36.0 Å². The number of hydrogen-bond donors (Lipinski definition) is 2. The lowest BCUT2D eigenvalue weighted by molar-refractivity contribution is -0.123. The second-order valence-corrected chi connectivity index (χ2v) is 8.54. The van der Waals surface area contributed by atoms with Crippen LogP contribution >= 0.6 is 24.0 Å². The summed E-state index contributed by atoms with van der Waals surface area (Å²) in [5.74, 6) is -0.927. The lowest BCUT2D eigenvalue weighted by Crippen LogP contribution is -2.44. The van der Waals surface area contributed by atoms with Gasteiger partial charge in [-0.3, -0.25) is 15.0 Å². The molecule has 3 aromatic rings. The van der Waals surface area contributed by atoms with Crippen LogP contribution in [0.1, 0.15) is 32.0 Å². The minimum atomic E-state index is -0.999. The van der Waals surface area contributed by atoms with E-state index in [0.29, 0.717) is 22.0 Å². The normalized spacial score (nSPS) is 14.8. The maximum Gasteiger partial charge on any atom is 0.335 e. The Morgan fingerprint density at radius 1 is 1.09 bits per heavy atom. The fraction of sp³-hybridized carbons (Fsp3) is 0.0435. The molecule has 4 rings (SSSR count). The fourth-order valence-electron chi connectivity index (χ4n) is 3.10. The number of aromatic carboxylic acids is 1. The molecule has 7 nitrogen and oxygen atoms in total. The highest BCUT2D eigenvalue weighted by Crippen LogP contribution is 2.33. The van der Waals surface area contributed by atoms with Crippen molar-refractivity contribution in [2.24, 2.45) is 0 Å². The van der Waals surface area contributed by atoms with Crippen LogP contribution in [-0.2, 0) is 4.79 Å². The first kappa shape index (κ1) is 21.5. The summed E-state index contributed by atoms with van der Waals surface area (Å²) in [6.45, 7) is 1.80. The Bertz CT molecular complexity index is 1280. The first-order valence-electron chi connectivity index (χ1n) is 9.41. The van der Waals surface area contributed by atoms with Gasteiger partial charge in [-0.05, 0) is 61.1 Å². The molecule has 1 aliphatic rings. The molecule has 2 N–H and O–H groups in total. The lowest BCUT2D eigenvalue weighted by atomic mass is 10.0. The highest BCUT2D eigenvalue weighted by molar-refractivity contribution is 8.26. The number of carboxylic acid groups (broad SMARTS) is 1. The number of thiocarbonyl (C=S) groups is 1. The third kappa shape index (κ3) is 4.34. The zero-order chi connectivity index (χ0) is 22.8. The van der Waals surface area contributed by atoms with Gasteiger partial charge in [-0.15, -0.1) is 0 Å². The molecule has 0 aliphatic carbocycles. The summed E-state index contributed by atoms with van der Waals surface area (Å²) in [4.78, 5) is 36.6. The summed E-state index contributed by atoms with van der Waals surface area (Å²) in [6, 6.07) is 16.7. The third-order valence-electron chi connectivity index (χ3n) is 4.68. The number of nitrogens with one attached hydrogen (secondary N) is 1. The number of nitrogens with zero attached hydrogens (tertiary/aromatic N) is 1. The summed E-state index contributed by atoms with van der Waals surface area (Å²) in [6.07, 6.45) is 1.55. The van der Waals surface area contributed by atoms with E-state index in [4.69, 9.17) is 21.7 Å². The number of carbonyl (C=O) groups is 3. The predicted molar refractivity (Wildman–Crippen MR) is 125 cm³/mol. The van der Waals surface area contributed by atoms with Crippen molar-refractivity contribution in [3.8, 4) is 11.3 Å². The summed E-state index contributed by atoms with van der Waals surface area (Å²) >= 11 is 6.30. The molecule has 1 saturated heterocycles. The second-order valence-electron chi connectivity index (χ2n) is 6.86. The number of aryl methyl sites for hydroxylation is 1. The molecule has 160 valence electrons. The van der Waals surface area contributed by atoms with Crippen LogP contribution in [0, 0.1) is 6.92 Å². The summed E-state index contributed by atoms with van der Waals surface area (Å²) < 4.78 is 6.05. The maximum atomic E-state index is 12.8. The minimum absolute atomic E-state index is 0.194. The van der Waals surface area contributed by atoms with Crippen LogP contribution < -0.4 is 5.43 Å². The Morgan fingerprint density at radius 2 is 1.84 bits per heavy atom. The van der Waals surface area contributed by atoms with Gasteiger partial charge < -0.3 is 9.52 Å². The molecule has 32 heavy (non-hydrogen) atoms. The van der Waals surface area contributed by atoms with E-state index in [-0.39, 0.29) is 9.88 Å². The number of benzene rings is 2. The zero-order valence-corrected chi connectivity index (χ0v) is 18.3. The van der Waals surface area contributed by atoms with Crippen molar-refractivity contribution in [1.82, 2.24) is 10.4 Å². The van der Waals surface area contributed by atoms with Crippen LogP contribution in [-0.4, -0.2) is 32.2 Å². The molecule has 0 unspecified atom stereocenters. The Morgan fingerprint density at radius 3 is 2.53 bits per heavy atom. The maximum absolute atomic E-state index is 12.8. The van der Waals surface area contributed by atoms with Crippen molar-refractivity contribution in [1.29, 1.82) is 0 Å². The van der Waals surface area contributed by atoms with E-state index < -0.39 is 17.8 Å². The van der Waals surface area contributed by atoms with Gasteiger partial charge in [0.05, 0.1) is 10.5 Å². The minimum Gasteiger partial charge on any atom is -0.478 e. The molecule has 0 saturated carbocycles. The van der Waals surface area contributed by atoms with E-state index >= 15 is 0 Å². The van der Waals surface area contributed by atoms with E-state index in [9.17, 15) is 14.4 Å². The fourth-order valence-corrected chi connectivity index (χ4v) is 4.26. The zero-order valence-electron chi connectivity index (χ0n) is 16.7. The van der Waals surface area contributed by atoms with E-state index in [2.05, 4.69) is 5.43 Å². The van der Waals surface area contributed by atoms with Gasteiger partial charge in [0.25, 0.3) is 11.8 Å². The monoisotopic (exact) mass is 464 g/mol. The molecule has 2 aromatic carbocycles. The smallest absolute Gasteiger partial charge is 0.335 e. The van der Waals surface area contributed by atoms with E-state index in [1.165, 1.54) is 6.07 Å². The summed E-state index contributed by atoms with van der Waals surface area (Å²) in [7, 11) is 0. The molecule has 2 heterocycles. The number of hydrazine groups is 1. The number of carboxylic acids is 1. The average Bonchev–Trinajstić information content (AvgIpc) is 3.34. The quantitative estimate of drug-likeness (QED) is 0.424. The highest BCUT2D eigenvalue weighted by Gasteiger charge is 2.34. The van der Waals surface area contributed by atoms with Crippen LogP contribution in [0.5, 0.6) is 0 Å². The lowest BCUT2D eigenvalue weighted by Gasteiger charge is -2.15. The number of rotatable bonds is 5. The predicted octanol–water partition coefficient (Wildman–Crippen LogP) is 4.50. The molecule has 1 fully saturated rings. The van der Waals surface area contributed by atoms with Gasteiger partial charge >= 0.3 is 5.97 Å². The summed E-state index contributed by atoms with van der Waals surface area (Å²) in [5, 5.41) is 10.2. The topological polar surface area (TPSA) is 99.9 Å². The van der Waals surface area contributed by atoms with Crippen LogP contribution in [0.4, 0.5) is 0 Å². The van der Waals surface area contributed by atoms with E-state index in [0.717, 1.165) is 27.9 Å². The van der Waals surface area contributed by atoms with Crippen molar-refractivity contribution in [3.05, 3.63) is 88.0 Å². The van der Waals surface area contributed by atoms with Crippen molar-refractivity contribution in [2.45, 2.75) is 6.92 Å². The second kappa shape index (κ2) is 8.81. The van der Waals surface area contributed by atoms with E-state index in [1.54, 1.807) is 67.6 Å². The van der Waals surface area contributed by atoms with E-state index in [1.807, 2.05) is 0 Å². The average molecular weight is 465 g/mol. The third-order valence-corrected chi connectivity index (χ3v) is 5.98. The van der Waals surface area contributed by atoms with Gasteiger partial charge in [-0.25, -0.2) is 4.79 Å². The van der Waals surface area contributed by atoms with Crippen molar-refractivity contribution >= 4 is 52.2 Å². The SMILES string of the molecule is Cc1cc(C(=O)O)ccc1-c1ccc(C=C2SC(=S)N(NC(=O)c3ccccc3)C2=O)o1. The van der Waals surface area contributed by atoms with Gasteiger partial charge in [0, 0.05) is 17.2 Å². The number of furan rings is 1. The number of amides is 2. The van der Waals surface area contributed by atoms with Crippen LogP contribution in [0.2, 0.25) is 0 Å². The number of hydrogen-bond acceptors (Lipinski definition) is 6. The largest absolute Gasteiger partial charge is 0.478 e. The Labute approximate surface area is 192 Å². The van der Waals surface area contributed by atoms with Gasteiger partial charge in [0.15, 0.2) is 4.32 Å². The number of carbonyl (C=O) groups excluding carboxylic acids is 2. The molecular weight excluding hydrogens is 448 g/mol. The first-order chi connectivity index (χ1) is 15.3. The molecule has 1 aliphatic heterocycles. The molecule has 0 atom stereocenters. The van der Waals surface area contributed by atoms with Gasteiger partial charge in [0.2, 0.25) is 0 Å². The van der Waals surface area contributed by atoms with Gasteiger partial charge in [-0.2, -0.15) is 5.01 Å². The van der Waals surface area contributed by atoms with Crippen molar-refractivity contribution in [3.63, 3.8) is 0 Å². The Balaban J connectivity index is 1.52. The van der Waals surface area contributed by atoms with Crippen molar-refractivity contribution in [2.75, 3.05) is 0 Å². The Kier molecular flexibility index (Phi) is 5.93. The highest BCUT2D eigenvalue weighted by atomic mass is 32.2. The van der Waals surface area contributed by atoms with Gasteiger partial charge in [0.1, 0.15) is 11.5 Å². The first-order valence-corrected chi connectivity index (χ1v) is 10.6. The molecule has 2 amide bonds. The molecule has 1 aromatic heterocycles. The molecule has 0 spiro atoms. The molecule has 0 radical (unpaired) electrons. The van der Waals surface area contributed by atoms with Crippen molar-refractivity contribution < 1.29 is 23.9 Å². The standard InChI is InChI=1S/C23H16N2O5S2/c1-13-11-15(22(28)29)7-9-17(13)18-10-8-16(30-18)12-19-21(27)25(23(31)32-19)24-20(26)14-5-3-2-4-6-14/h2-12H,1H3,(H,24,26)(H,28,29). The molecule has 9 heteroatoms. The number of thioether (sulfide) groups is 1. The Hall–Kier alpha value is -3.69. The van der Waals surface area contributed by atoms with Crippen LogP contribution in [0.3, 0.4) is 0 Å². The summed E-state index contributed by atoms with van der Waals surface area (Å²) in [5.41, 5.74) is 4.63. The van der Waals surface area contributed by atoms with Crippen LogP contribution in [0.25, 0.3) is 17.4 Å². The van der Waals surface area contributed by atoms with Crippen LogP contribution in [0.15, 0.2) is 70.0 Å². The molecule has 0 bridgehead atoms. The molecular formula is C23H16N2O5S2.